The van der Waals surface area contributed by atoms with Crippen molar-refractivity contribution >= 4 is 38.9 Å². The zero-order valence-electron chi connectivity index (χ0n) is 19.4. The van der Waals surface area contributed by atoms with E-state index in [0.717, 1.165) is 49.3 Å². The number of carbonyl (C=O) groups excluding carboxylic acids is 1. The molecule has 190 valence electrons. The first-order valence-electron chi connectivity index (χ1n) is 11.5. The molecule has 1 atom stereocenters. The summed E-state index contributed by atoms with van der Waals surface area (Å²) in [5, 5.41) is -0.0983. The molecule has 4 heterocycles. The van der Waals surface area contributed by atoms with Gasteiger partial charge in [0, 0.05) is 42.8 Å². The minimum atomic E-state index is -3.55. The van der Waals surface area contributed by atoms with Crippen LogP contribution in [0.4, 0.5) is 4.39 Å². The smallest absolute Gasteiger partial charge is 0.261 e. The maximum absolute atomic E-state index is 15.2. The monoisotopic (exact) mass is 552 g/mol. The fourth-order valence-corrected chi connectivity index (χ4v) is 5.79. The van der Waals surface area contributed by atoms with Crippen LogP contribution in [-0.2, 0) is 34.0 Å². The van der Waals surface area contributed by atoms with Crippen molar-refractivity contribution in [3.63, 3.8) is 0 Å². The standard InChI is InChI=1S/C24H23Cl2FN4O4S/c1-36(33,34)20-8-7-18(24(26)29-20)35-13-21(32)31-11-9-17-23(30-10-3-2-4-19(30)28-17)22(31)15-6-5-14(25)12-16(15)27/h5-8,12,22H,2-4,9-11,13H2,1H3. The Kier molecular flexibility index (Phi) is 6.69. The van der Waals surface area contributed by atoms with E-state index < -0.39 is 21.7 Å². The highest BCUT2D eigenvalue weighted by molar-refractivity contribution is 7.90. The maximum Gasteiger partial charge on any atom is 0.261 e. The fourth-order valence-electron chi connectivity index (χ4n) is 4.80. The van der Waals surface area contributed by atoms with Gasteiger partial charge in [-0.25, -0.2) is 22.8 Å². The second-order valence-electron chi connectivity index (χ2n) is 8.87. The largest absolute Gasteiger partial charge is 0.481 e. The molecule has 2 aliphatic rings. The van der Waals surface area contributed by atoms with Crippen molar-refractivity contribution in [2.45, 2.75) is 43.3 Å². The highest BCUT2D eigenvalue weighted by Gasteiger charge is 2.38. The normalized spacial score (nSPS) is 17.4. The molecule has 8 nitrogen and oxygen atoms in total. The number of halogens is 3. The zero-order valence-corrected chi connectivity index (χ0v) is 21.7. The Hall–Kier alpha value is -2.69. The second kappa shape index (κ2) is 9.64. The van der Waals surface area contributed by atoms with Gasteiger partial charge in [-0.05, 0) is 37.1 Å². The van der Waals surface area contributed by atoms with Crippen LogP contribution in [0.2, 0.25) is 10.2 Å². The minimum Gasteiger partial charge on any atom is -0.481 e. The molecule has 0 saturated heterocycles. The molecule has 2 aliphatic heterocycles. The van der Waals surface area contributed by atoms with Crippen molar-refractivity contribution in [3.8, 4) is 5.75 Å². The zero-order chi connectivity index (χ0) is 25.6. The molecule has 1 amide bonds. The molecule has 12 heteroatoms. The number of benzene rings is 1. The Labute approximate surface area is 217 Å². The predicted molar refractivity (Wildman–Crippen MR) is 132 cm³/mol. The number of ether oxygens (including phenoxy) is 1. The number of nitrogens with zero attached hydrogens (tertiary/aromatic N) is 4. The predicted octanol–water partition coefficient (Wildman–Crippen LogP) is 4.02. The Morgan fingerprint density at radius 2 is 1.94 bits per heavy atom. The van der Waals surface area contributed by atoms with Crippen LogP contribution in [0.25, 0.3) is 0 Å². The van der Waals surface area contributed by atoms with Crippen molar-refractivity contribution in [2.75, 3.05) is 19.4 Å². The first kappa shape index (κ1) is 25.0. The van der Waals surface area contributed by atoms with Gasteiger partial charge in [0.15, 0.2) is 32.4 Å². The number of aromatic nitrogens is 3. The van der Waals surface area contributed by atoms with Crippen LogP contribution >= 0.6 is 23.2 Å². The summed E-state index contributed by atoms with van der Waals surface area (Å²) in [6.45, 7) is 0.703. The molecule has 2 aromatic heterocycles. The van der Waals surface area contributed by atoms with Gasteiger partial charge in [0.25, 0.3) is 5.91 Å². The summed E-state index contributed by atoms with van der Waals surface area (Å²) in [5.41, 5.74) is 2.03. The lowest BCUT2D eigenvalue weighted by Gasteiger charge is -2.37. The topological polar surface area (TPSA) is 94.4 Å². The van der Waals surface area contributed by atoms with Gasteiger partial charge in [-0.15, -0.1) is 0 Å². The highest BCUT2D eigenvalue weighted by atomic mass is 35.5. The van der Waals surface area contributed by atoms with E-state index in [1.807, 2.05) is 0 Å². The molecule has 36 heavy (non-hydrogen) atoms. The van der Waals surface area contributed by atoms with Gasteiger partial charge >= 0.3 is 0 Å². The van der Waals surface area contributed by atoms with Crippen LogP contribution in [0.15, 0.2) is 35.4 Å². The minimum absolute atomic E-state index is 0.0751. The van der Waals surface area contributed by atoms with E-state index >= 15 is 4.39 Å². The van der Waals surface area contributed by atoms with Gasteiger partial charge < -0.3 is 14.2 Å². The number of hydrogen-bond acceptors (Lipinski definition) is 6. The lowest BCUT2D eigenvalue weighted by Crippen LogP contribution is -2.44. The summed E-state index contributed by atoms with van der Waals surface area (Å²) in [5.74, 6) is 0.148. The van der Waals surface area contributed by atoms with E-state index in [0.29, 0.717) is 18.5 Å². The molecule has 3 aromatic rings. The number of aryl methyl sites for hydroxylation is 1. The number of fused-ring (bicyclic) bond motifs is 3. The van der Waals surface area contributed by atoms with Crippen molar-refractivity contribution < 1.29 is 22.3 Å². The molecule has 0 aliphatic carbocycles. The first-order chi connectivity index (χ1) is 17.1. The second-order valence-corrected chi connectivity index (χ2v) is 11.6. The number of sulfone groups is 1. The molecular weight excluding hydrogens is 530 g/mol. The van der Waals surface area contributed by atoms with Gasteiger partial charge in [0.2, 0.25) is 0 Å². The third-order valence-electron chi connectivity index (χ3n) is 6.45. The van der Waals surface area contributed by atoms with E-state index in [1.165, 1.54) is 18.2 Å². The third-order valence-corrected chi connectivity index (χ3v) is 7.94. The van der Waals surface area contributed by atoms with E-state index in [-0.39, 0.29) is 33.5 Å². The molecule has 0 spiro atoms. The van der Waals surface area contributed by atoms with Crippen molar-refractivity contribution in [3.05, 3.63) is 69.1 Å². The average Bonchev–Trinajstić information content (AvgIpc) is 3.21. The van der Waals surface area contributed by atoms with Crippen LogP contribution in [-0.4, -0.2) is 53.2 Å². The van der Waals surface area contributed by atoms with Crippen molar-refractivity contribution in [2.24, 2.45) is 0 Å². The van der Waals surface area contributed by atoms with Crippen molar-refractivity contribution in [1.82, 2.24) is 19.4 Å². The number of amides is 1. The Morgan fingerprint density at radius 3 is 2.67 bits per heavy atom. The number of imidazole rings is 1. The third kappa shape index (κ3) is 4.69. The SMILES string of the molecule is CS(=O)(=O)c1ccc(OCC(=O)N2CCc3nc4n(c3C2c2ccc(Cl)cc2F)CCCC4)c(Cl)n1. The first-order valence-corrected chi connectivity index (χ1v) is 14.1. The molecule has 5 rings (SSSR count). The fraction of sp³-hybridized carbons (Fsp3) is 0.375. The summed E-state index contributed by atoms with van der Waals surface area (Å²) in [6.07, 6.45) is 4.43. The van der Waals surface area contributed by atoms with Crippen LogP contribution in [0.3, 0.4) is 0 Å². The van der Waals surface area contributed by atoms with E-state index in [9.17, 15) is 13.2 Å². The average molecular weight is 553 g/mol. The lowest BCUT2D eigenvalue weighted by molar-refractivity contribution is -0.135. The molecule has 0 bridgehead atoms. The van der Waals surface area contributed by atoms with Gasteiger partial charge in [-0.2, -0.15) is 0 Å². The Morgan fingerprint density at radius 1 is 1.14 bits per heavy atom. The number of hydrogen-bond donors (Lipinski definition) is 0. The number of carbonyl (C=O) groups is 1. The lowest BCUT2D eigenvalue weighted by atomic mass is 9.94. The Balaban J connectivity index is 1.47. The Bertz CT molecular complexity index is 1460. The van der Waals surface area contributed by atoms with Gasteiger partial charge in [0.1, 0.15) is 17.7 Å². The molecule has 1 aromatic carbocycles. The van der Waals surface area contributed by atoms with E-state index in [1.54, 1.807) is 17.0 Å². The van der Waals surface area contributed by atoms with Gasteiger partial charge in [0.05, 0.1) is 11.4 Å². The number of rotatable bonds is 5. The summed E-state index contributed by atoms with van der Waals surface area (Å²) < 4.78 is 46.3. The quantitative estimate of drug-likeness (QED) is 0.444. The number of pyridine rings is 1. The molecule has 0 radical (unpaired) electrons. The molecule has 1 unspecified atom stereocenters. The van der Waals surface area contributed by atoms with E-state index in [4.69, 9.17) is 32.9 Å². The van der Waals surface area contributed by atoms with Crippen LogP contribution < -0.4 is 4.74 Å². The van der Waals surface area contributed by atoms with Gasteiger partial charge in [-0.3, -0.25) is 4.79 Å². The molecule has 0 fully saturated rings. The summed E-state index contributed by atoms with van der Waals surface area (Å²) in [7, 11) is -3.55. The summed E-state index contributed by atoms with van der Waals surface area (Å²) in [4.78, 5) is 23.7. The van der Waals surface area contributed by atoms with Crippen LogP contribution in [0.1, 0.15) is 41.7 Å². The summed E-state index contributed by atoms with van der Waals surface area (Å²) >= 11 is 12.1. The summed E-state index contributed by atoms with van der Waals surface area (Å²) in [6, 6.07) is 6.38. The van der Waals surface area contributed by atoms with Crippen molar-refractivity contribution in [1.29, 1.82) is 0 Å². The van der Waals surface area contributed by atoms with Crippen LogP contribution in [0.5, 0.6) is 5.75 Å². The van der Waals surface area contributed by atoms with Gasteiger partial charge in [-0.1, -0.05) is 29.3 Å². The molecule has 0 saturated carbocycles. The van der Waals surface area contributed by atoms with E-state index in [2.05, 4.69) is 9.55 Å². The highest BCUT2D eigenvalue weighted by Crippen LogP contribution is 2.39. The van der Waals surface area contributed by atoms with Crippen LogP contribution in [0, 0.1) is 5.82 Å². The maximum atomic E-state index is 15.2. The molecule has 0 N–H and O–H groups in total. The molecular formula is C24H23Cl2FN4O4S.